The van der Waals surface area contributed by atoms with Crippen LogP contribution in [0.2, 0.25) is 0 Å². The number of aliphatic hydroxyl groups is 1. The third kappa shape index (κ3) is 2.94. The Bertz CT molecular complexity index is 465. The van der Waals surface area contributed by atoms with Gasteiger partial charge in [-0.1, -0.05) is 12.1 Å². The van der Waals surface area contributed by atoms with Gasteiger partial charge in [-0.2, -0.15) is 0 Å². The molecular formula is C14H21BO4. The Hall–Kier alpha value is -1.04. The van der Waals surface area contributed by atoms with Crippen molar-refractivity contribution < 1.29 is 19.5 Å². The third-order valence-corrected chi connectivity index (χ3v) is 3.88. The SMILES string of the molecule is CC(C)(O)C(C)(C)OB(O)c1ccc2c(c1)CCO2. The van der Waals surface area contributed by atoms with Gasteiger partial charge >= 0.3 is 7.12 Å². The molecule has 0 spiro atoms. The first kappa shape index (κ1) is 14.4. The molecule has 0 saturated carbocycles. The Labute approximate surface area is 114 Å². The monoisotopic (exact) mass is 264 g/mol. The van der Waals surface area contributed by atoms with Crippen molar-refractivity contribution in [1.29, 1.82) is 0 Å². The van der Waals surface area contributed by atoms with Crippen molar-refractivity contribution in [1.82, 2.24) is 0 Å². The summed E-state index contributed by atoms with van der Waals surface area (Å²) in [4.78, 5) is 0. The lowest BCUT2D eigenvalue weighted by Gasteiger charge is -2.38. The Balaban J connectivity index is 2.14. The summed E-state index contributed by atoms with van der Waals surface area (Å²) in [5, 5.41) is 20.2. The molecule has 0 fully saturated rings. The molecule has 0 bridgehead atoms. The summed E-state index contributed by atoms with van der Waals surface area (Å²) >= 11 is 0. The van der Waals surface area contributed by atoms with Gasteiger partial charge in [0.2, 0.25) is 0 Å². The van der Waals surface area contributed by atoms with Gasteiger partial charge < -0.3 is 19.5 Å². The molecule has 0 atom stereocenters. The summed E-state index contributed by atoms with van der Waals surface area (Å²) in [6, 6.07) is 5.53. The second-order valence-corrected chi connectivity index (χ2v) is 6.01. The molecule has 2 rings (SSSR count). The lowest BCUT2D eigenvalue weighted by molar-refractivity contribution is -0.0982. The minimum absolute atomic E-state index is 0.682. The van der Waals surface area contributed by atoms with E-state index >= 15 is 0 Å². The number of rotatable bonds is 4. The van der Waals surface area contributed by atoms with Crippen LogP contribution in [0, 0.1) is 0 Å². The maximum atomic E-state index is 10.2. The fraction of sp³-hybridized carbons (Fsp3) is 0.571. The van der Waals surface area contributed by atoms with Crippen LogP contribution in [-0.4, -0.2) is 35.1 Å². The standard InChI is InChI=1S/C14H21BO4/c1-13(2,16)14(3,4)19-15(17)11-5-6-12-10(9-11)7-8-18-12/h5-6,9,16-17H,7-8H2,1-4H3. The Kier molecular flexibility index (Phi) is 3.64. The van der Waals surface area contributed by atoms with Crippen LogP contribution in [0.3, 0.4) is 0 Å². The van der Waals surface area contributed by atoms with E-state index in [1.807, 2.05) is 12.1 Å². The molecule has 104 valence electrons. The largest absolute Gasteiger partial charge is 0.493 e. The van der Waals surface area contributed by atoms with Gasteiger partial charge in [0.25, 0.3) is 0 Å². The van der Waals surface area contributed by atoms with Gasteiger partial charge in [0.1, 0.15) is 5.75 Å². The lowest BCUT2D eigenvalue weighted by atomic mass is 9.76. The average molecular weight is 264 g/mol. The number of hydrogen-bond acceptors (Lipinski definition) is 4. The van der Waals surface area contributed by atoms with Crippen LogP contribution < -0.4 is 10.2 Å². The molecule has 1 aromatic rings. The van der Waals surface area contributed by atoms with E-state index in [-0.39, 0.29) is 0 Å². The summed E-state index contributed by atoms with van der Waals surface area (Å²) in [5.41, 5.74) is -0.141. The predicted molar refractivity (Wildman–Crippen MR) is 74.7 cm³/mol. The zero-order valence-electron chi connectivity index (χ0n) is 11.9. The molecule has 1 aromatic carbocycles. The summed E-state index contributed by atoms with van der Waals surface area (Å²) in [5.74, 6) is 0.873. The van der Waals surface area contributed by atoms with Gasteiger partial charge in [0, 0.05) is 6.42 Å². The highest BCUT2D eigenvalue weighted by Crippen LogP contribution is 2.26. The molecule has 5 heteroatoms. The number of fused-ring (bicyclic) bond motifs is 1. The van der Waals surface area contributed by atoms with E-state index in [0.29, 0.717) is 12.1 Å². The van der Waals surface area contributed by atoms with Crippen LogP contribution >= 0.6 is 0 Å². The first-order chi connectivity index (χ1) is 8.71. The van der Waals surface area contributed by atoms with Crippen LogP contribution in [0.5, 0.6) is 5.75 Å². The molecule has 2 N–H and O–H groups in total. The normalized spacial score (nSPS) is 15.1. The van der Waals surface area contributed by atoms with Gasteiger partial charge in [0.05, 0.1) is 17.8 Å². The van der Waals surface area contributed by atoms with Crippen molar-refractivity contribution in [3.05, 3.63) is 23.8 Å². The zero-order valence-corrected chi connectivity index (χ0v) is 11.9. The fourth-order valence-corrected chi connectivity index (χ4v) is 1.85. The third-order valence-electron chi connectivity index (χ3n) is 3.88. The second-order valence-electron chi connectivity index (χ2n) is 6.01. The van der Waals surface area contributed by atoms with Gasteiger partial charge in [-0.25, -0.2) is 0 Å². The molecule has 0 radical (unpaired) electrons. The van der Waals surface area contributed by atoms with Crippen molar-refractivity contribution in [3.63, 3.8) is 0 Å². The molecule has 19 heavy (non-hydrogen) atoms. The average Bonchev–Trinajstić information content (AvgIpc) is 2.73. The van der Waals surface area contributed by atoms with Gasteiger partial charge in [-0.3, -0.25) is 0 Å². The van der Waals surface area contributed by atoms with Crippen LogP contribution in [-0.2, 0) is 11.1 Å². The maximum Gasteiger partial charge on any atom is 0.491 e. The first-order valence-electron chi connectivity index (χ1n) is 6.54. The van der Waals surface area contributed by atoms with E-state index in [4.69, 9.17) is 9.39 Å². The van der Waals surface area contributed by atoms with Gasteiger partial charge in [-0.15, -0.1) is 0 Å². The molecule has 0 aliphatic carbocycles. The number of ether oxygens (including phenoxy) is 1. The van der Waals surface area contributed by atoms with Gasteiger partial charge in [0.15, 0.2) is 0 Å². The second kappa shape index (κ2) is 4.82. The van der Waals surface area contributed by atoms with Crippen LogP contribution in [0.25, 0.3) is 0 Å². The van der Waals surface area contributed by atoms with Crippen LogP contribution in [0.1, 0.15) is 33.3 Å². The summed E-state index contributed by atoms with van der Waals surface area (Å²) in [6.45, 7) is 7.52. The first-order valence-corrected chi connectivity index (χ1v) is 6.54. The van der Waals surface area contributed by atoms with Crippen molar-refractivity contribution >= 4 is 12.6 Å². The summed E-state index contributed by atoms with van der Waals surface area (Å²) in [7, 11) is -1.06. The Morgan fingerprint density at radius 1 is 1.26 bits per heavy atom. The van der Waals surface area contributed by atoms with E-state index < -0.39 is 18.3 Å². The molecule has 1 aliphatic rings. The lowest BCUT2D eigenvalue weighted by Crippen LogP contribution is -2.53. The maximum absolute atomic E-state index is 10.2. The molecule has 0 unspecified atom stereocenters. The van der Waals surface area contributed by atoms with E-state index in [9.17, 15) is 10.1 Å². The van der Waals surface area contributed by atoms with E-state index in [0.717, 1.165) is 17.7 Å². The molecule has 4 nitrogen and oxygen atoms in total. The molecule has 0 aromatic heterocycles. The highest BCUT2D eigenvalue weighted by Gasteiger charge is 2.39. The van der Waals surface area contributed by atoms with E-state index in [2.05, 4.69) is 0 Å². The van der Waals surface area contributed by atoms with E-state index in [1.165, 1.54) is 0 Å². The van der Waals surface area contributed by atoms with Crippen molar-refractivity contribution in [2.45, 2.75) is 45.3 Å². The van der Waals surface area contributed by atoms with E-state index in [1.54, 1.807) is 33.8 Å². The fourth-order valence-electron chi connectivity index (χ4n) is 1.85. The minimum Gasteiger partial charge on any atom is -0.493 e. The highest BCUT2D eigenvalue weighted by atomic mass is 16.5. The van der Waals surface area contributed by atoms with Gasteiger partial charge in [-0.05, 0) is 44.8 Å². The topological polar surface area (TPSA) is 58.9 Å². The van der Waals surface area contributed by atoms with Crippen molar-refractivity contribution in [3.8, 4) is 5.75 Å². The van der Waals surface area contributed by atoms with Crippen LogP contribution in [0.4, 0.5) is 0 Å². The highest BCUT2D eigenvalue weighted by molar-refractivity contribution is 6.60. The summed E-state index contributed by atoms with van der Waals surface area (Å²) in [6.07, 6.45) is 0.852. The Morgan fingerprint density at radius 3 is 2.58 bits per heavy atom. The van der Waals surface area contributed by atoms with Crippen molar-refractivity contribution in [2.75, 3.05) is 6.61 Å². The number of hydrogen-bond donors (Lipinski definition) is 2. The zero-order chi connectivity index (χ0) is 14.3. The quantitative estimate of drug-likeness (QED) is 0.792. The number of benzene rings is 1. The summed E-state index contributed by atoms with van der Waals surface area (Å²) < 4.78 is 11.0. The minimum atomic E-state index is -1.06. The predicted octanol–water partition coefficient (Wildman–Crippen LogP) is 0.875. The molecule has 0 amide bonds. The van der Waals surface area contributed by atoms with Crippen LogP contribution in [0.15, 0.2) is 18.2 Å². The molecule has 1 heterocycles. The molecule has 0 saturated heterocycles. The molecule has 1 aliphatic heterocycles. The smallest absolute Gasteiger partial charge is 0.491 e. The Morgan fingerprint density at radius 2 is 1.95 bits per heavy atom. The van der Waals surface area contributed by atoms with Crippen molar-refractivity contribution in [2.24, 2.45) is 0 Å². The molecular weight excluding hydrogens is 243 g/mol.